The van der Waals surface area contributed by atoms with Gasteiger partial charge in [-0.2, -0.15) is 0 Å². The highest BCUT2D eigenvalue weighted by Crippen LogP contribution is 2.42. The van der Waals surface area contributed by atoms with Gasteiger partial charge in [0.1, 0.15) is 17.7 Å². The second-order valence-electron chi connectivity index (χ2n) is 5.37. The summed E-state index contributed by atoms with van der Waals surface area (Å²) in [5.74, 6) is 1.37. The van der Waals surface area contributed by atoms with Crippen molar-refractivity contribution < 1.29 is 9.53 Å². The summed E-state index contributed by atoms with van der Waals surface area (Å²) in [6, 6.07) is 17.8. The molecule has 0 spiro atoms. The maximum Gasteiger partial charge on any atom is 0.257 e. The van der Waals surface area contributed by atoms with Crippen molar-refractivity contribution in [3.05, 3.63) is 65.7 Å². The number of alkyl halides is 2. The topological polar surface area (TPSA) is 29.5 Å². The molecule has 1 heterocycles. The number of carbonyl (C=O) groups is 1. The van der Waals surface area contributed by atoms with Gasteiger partial charge in [-0.3, -0.25) is 4.79 Å². The van der Waals surface area contributed by atoms with E-state index >= 15 is 0 Å². The van der Waals surface area contributed by atoms with Crippen molar-refractivity contribution in [1.82, 2.24) is 4.90 Å². The van der Waals surface area contributed by atoms with E-state index in [1.54, 1.807) is 16.7 Å². The minimum atomic E-state index is -1.04. The zero-order valence-corrected chi connectivity index (χ0v) is 15.2. The normalized spacial score (nSPS) is 17.3. The molecule has 0 radical (unpaired) electrons. The molecule has 1 aliphatic heterocycles. The number of hydrogen-bond donors (Lipinski definition) is 0. The SMILES string of the molecule is O=C(C(Cl)Cl)N1CCS[C@@H]1c1ccccc1OCc1ccccc1. The maximum atomic E-state index is 12.2. The molecular weight excluding hydrogens is 365 g/mol. The van der Waals surface area contributed by atoms with Crippen LogP contribution in [0, 0.1) is 0 Å². The summed E-state index contributed by atoms with van der Waals surface area (Å²) in [5.41, 5.74) is 2.07. The molecule has 1 aliphatic rings. The second-order valence-corrected chi connectivity index (χ2v) is 7.65. The molecule has 0 saturated carbocycles. The van der Waals surface area contributed by atoms with Gasteiger partial charge in [0.25, 0.3) is 5.91 Å². The maximum absolute atomic E-state index is 12.2. The molecular formula is C18H17Cl2NO2S. The van der Waals surface area contributed by atoms with E-state index in [0.29, 0.717) is 13.2 Å². The fraction of sp³-hybridized carbons (Fsp3) is 0.278. The lowest BCUT2D eigenvalue weighted by atomic mass is 10.1. The van der Waals surface area contributed by atoms with Crippen LogP contribution in [0.1, 0.15) is 16.5 Å². The molecule has 1 amide bonds. The Morgan fingerprint density at radius 1 is 1.17 bits per heavy atom. The molecule has 3 nitrogen and oxygen atoms in total. The van der Waals surface area contributed by atoms with Crippen LogP contribution >= 0.6 is 35.0 Å². The predicted octanol–water partition coefficient (Wildman–Crippen LogP) is 4.64. The van der Waals surface area contributed by atoms with E-state index in [1.807, 2.05) is 54.6 Å². The number of amides is 1. The molecule has 2 aromatic carbocycles. The number of carbonyl (C=O) groups excluding carboxylic acids is 1. The summed E-state index contributed by atoms with van der Waals surface area (Å²) in [6.07, 6.45) is 0. The van der Waals surface area contributed by atoms with Gasteiger partial charge in [-0.25, -0.2) is 0 Å². The average molecular weight is 382 g/mol. The summed E-state index contributed by atoms with van der Waals surface area (Å²) in [4.78, 5) is 12.9. The van der Waals surface area contributed by atoms with Gasteiger partial charge in [0.15, 0.2) is 4.84 Å². The third kappa shape index (κ3) is 4.00. The minimum absolute atomic E-state index is 0.121. The van der Waals surface area contributed by atoms with Crippen molar-refractivity contribution in [2.75, 3.05) is 12.3 Å². The number of para-hydroxylation sites is 1. The second kappa shape index (κ2) is 8.15. The molecule has 6 heteroatoms. The molecule has 24 heavy (non-hydrogen) atoms. The van der Waals surface area contributed by atoms with Gasteiger partial charge in [0.2, 0.25) is 0 Å². The molecule has 0 aliphatic carbocycles. The molecule has 3 rings (SSSR count). The Balaban J connectivity index is 1.79. The first-order valence-corrected chi connectivity index (χ1v) is 9.55. The van der Waals surface area contributed by atoms with Crippen molar-refractivity contribution in [3.63, 3.8) is 0 Å². The summed E-state index contributed by atoms with van der Waals surface area (Å²) in [7, 11) is 0. The lowest BCUT2D eigenvalue weighted by molar-refractivity contribution is -0.129. The van der Waals surface area contributed by atoms with E-state index in [4.69, 9.17) is 27.9 Å². The summed E-state index contributed by atoms with van der Waals surface area (Å²) < 4.78 is 6.01. The highest BCUT2D eigenvalue weighted by atomic mass is 35.5. The van der Waals surface area contributed by atoms with E-state index < -0.39 is 4.84 Å². The largest absolute Gasteiger partial charge is 0.489 e. The van der Waals surface area contributed by atoms with Crippen molar-refractivity contribution in [2.45, 2.75) is 16.8 Å². The van der Waals surface area contributed by atoms with Gasteiger partial charge < -0.3 is 9.64 Å². The first-order chi connectivity index (χ1) is 11.7. The fourth-order valence-corrected chi connectivity index (χ4v) is 4.17. The lowest BCUT2D eigenvalue weighted by Crippen LogP contribution is -2.34. The number of thioether (sulfide) groups is 1. The van der Waals surface area contributed by atoms with Crippen molar-refractivity contribution in [2.24, 2.45) is 0 Å². The van der Waals surface area contributed by atoms with Gasteiger partial charge in [0.05, 0.1) is 0 Å². The lowest BCUT2D eigenvalue weighted by Gasteiger charge is -2.26. The summed E-state index contributed by atoms with van der Waals surface area (Å²) >= 11 is 13.2. The van der Waals surface area contributed by atoms with Crippen LogP contribution in [0.25, 0.3) is 0 Å². The standard InChI is InChI=1S/C18H17Cl2NO2S/c19-16(20)17(22)21-10-11-24-18(21)14-8-4-5-9-15(14)23-12-13-6-2-1-3-7-13/h1-9,16,18H,10-12H2/t18-/m1/s1. The minimum Gasteiger partial charge on any atom is -0.489 e. The average Bonchev–Trinajstić information content (AvgIpc) is 3.09. The van der Waals surface area contributed by atoms with Gasteiger partial charge in [-0.15, -0.1) is 11.8 Å². The molecule has 1 saturated heterocycles. The van der Waals surface area contributed by atoms with Crippen LogP contribution in [-0.2, 0) is 11.4 Å². The van der Waals surface area contributed by atoms with Crippen LogP contribution in [0.3, 0.4) is 0 Å². The number of hydrogen-bond acceptors (Lipinski definition) is 3. The predicted molar refractivity (Wildman–Crippen MR) is 99.6 cm³/mol. The van der Waals surface area contributed by atoms with Crippen molar-refractivity contribution in [1.29, 1.82) is 0 Å². The highest BCUT2D eigenvalue weighted by Gasteiger charge is 2.34. The van der Waals surface area contributed by atoms with E-state index in [9.17, 15) is 4.79 Å². The molecule has 0 aromatic heterocycles. The van der Waals surface area contributed by atoms with E-state index in [0.717, 1.165) is 22.6 Å². The number of ether oxygens (including phenoxy) is 1. The first kappa shape index (κ1) is 17.5. The van der Waals surface area contributed by atoms with Gasteiger partial charge in [-0.1, -0.05) is 71.7 Å². The monoisotopic (exact) mass is 381 g/mol. The number of halogens is 2. The summed E-state index contributed by atoms with van der Waals surface area (Å²) in [5, 5.41) is -0.121. The Hall–Kier alpha value is -1.36. The van der Waals surface area contributed by atoms with Crippen LogP contribution < -0.4 is 4.74 Å². The van der Waals surface area contributed by atoms with Crippen LogP contribution in [0.15, 0.2) is 54.6 Å². The molecule has 1 atom stereocenters. The van der Waals surface area contributed by atoms with E-state index in [1.165, 1.54) is 0 Å². The molecule has 0 N–H and O–H groups in total. The zero-order chi connectivity index (χ0) is 16.9. The zero-order valence-electron chi connectivity index (χ0n) is 12.9. The van der Waals surface area contributed by atoms with Crippen molar-refractivity contribution in [3.8, 4) is 5.75 Å². The number of benzene rings is 2. The molecule has 0 bridgehead atoms. The highest BCUT2D eigenvalue weighted by molar-refractivity contribution is 7.99. The Morgan fingerprint density at radius 2 is 1.88 bits per heavy atom. The Morgan fingerprint density at radius 3 is 2.62 bits per heavy atom. The quantitative estimate of drug-likeness (QED) is 0.706. The van der Waals surface area contributed by atoms with Crippen LogP contribution in [-0.4, -0.2) is 27.9 Å². The van der Waals surface area contributed by atoms with E-state index in [-0.39, 0.29) is 11.3 Å². The van der Waals surface area contributed by atoms with Gasteiger partial charge >= 0.3 is 0 Å². The third-order valence-corrected chi connectivity index (χ3v) is 5.40. The Labute approximate surface area is 155 Å². The van der Waals surface area contributed by atoms with E-state index in [2.05, 4.69) is 0 Å². The first-order valence-electron chi connectivity index (χ1n) is 7.62. The smallest absolute Gasteiger partial charge is 0.257 e. The molecule has 1 fully saturated rings. The Bertz CT molecular complexity index is 696. The van der Waals surface area contributed by atoms with Crippen LogP contribution in [0.5, 0.6) is 5.75 Å². The fourth-order valence-electron chi connectivity index (χ4n) is 2.63. The van der Waals surface area contributed by atoms with Crippen LogP contribution in [0.4, 0.5) is 0 Å². The molecule has 2 aromatic rings. The Kier molecular flexibility index (Phi) is 5.93. The summed E-state index contributed by atoms with van der Waals surface area (Å²) in [6.45, 7) is 1.12. The third-order valence-electron chi connectivity index (χ3n) is 3.78. The van der Waals surface area contributed by atoms with Gasteiger partial charge in [-0.05, 0) is 11.6 Å². The molecule has 126 valence electrons. The number of nitrogens with zero attached hydrogens (tertiary/aromatic N) is 1. The molecule has 0 unspecified atom stereocenters. The van der Waals surface area contributed by atoms with Gasteiger partial charge in [0, 0.05) is 17.9 Å². The van der Waals surface area contributed by atoms with Crippen molar-refractivity contribution >= 4 is 40.9 Å². The van der Waals surface area contributed by atoms with Crippen LogP contribution in [0.2, 0.25) is 0 Å². The number of rotatable bonds is 5.